The molecule has 21 heavy (non-hydrogen) atoms. The van der Waals surface area contributed by atoms with E-state index >= 15 is 0 Å². The summed E-state index contributed by atoms with van der Waals surface area (Å²) in [5, 5.41) is 0. The number of rotatable bonds is 4. The molecule has 0 N–H and O–H groups in total. The van der Waals surface area contributed by atoms with E-state index in [1.54, 1.807) is 25.2 Å². The van der Waals surface area contributed by atoms with Gasteiger partial charge in [0.1, 0.15) is 0 Å². The molecule has 5 heteroatoms. The quantitative estimate of drug-likeness (QED) is 0.801. The highest BCUT2D eigenvalue weighted by Gasteiger charge is 2.21. The maximum absolute atomic E-state index is 12.7. The molecule has 2 aromatic carbocycles. The zero-order chi connectivity index (χ0) is 15.6. The molecule has 0 bridgehead atoms. The van der Waals surface area contributed by atoms with E-state index in [9.17, 15) is 8.42 Å². The number of hydrogen-bond donors (Lipinski definition) is 0. The van der Waals surface area contributed by atoms with E-state index in [2.05, 4.69) is 0 Å². The molecule has 0 saturated carbocycles. The van der Waals surface area contributed by atoms with Gasteiger partial charge in [-0.25, -0.2) is 8.42 Å². The fourth-order valence-corrected chi connectivity index (χ4v) is 3.63. The van der Waals surface area contributed by atoms with Gasteiger partial charge in [0.15, 0.2) is 0 Å². The highest BCUT2D eigenvalue weighted by molar-refractivity contribution is 7.92. The summed E-state index contributed by atoms with van der Waals surface area (Å²) in [5.74, 6) is 0.288. The van der Waals surface area contributed by atoms with E-state index in [4.69, 9.17) is 11.6 Å². The number of benzene rings is 2. The molecule has 0 heterocycles. The molecule has 2 rings (SSSR count). The zero-order valence-electron chi connectivity index (χ0n) is 12.3. The minimum atomic E-state index is -3.58. The van der Waals surface area contributed by atoms with Crippen LogP contribution in [0.2, 0.25) is 0 Å². The fourth-order valence-electron chi connectivity index (χ4n) is 2.22. The second-order valence-corrected chi connectivity index (χ2v) is 7.34. The van der Waals surface area contributed by atoms with Crippen LogP contribution in [0.3, 0.4) is 0 Å². The summed E-state index contributed by atoms with van der Waals surface area (Å²) in [6.07, 6.45) is 0. The first kappa shape index (κ1) is 15.9. The van der Waals surface area contributed by atoms with Crippen molar-refractivity contribution in [3.05, 3.63) is 59.2 Å². The standard InChI is InChI=1S/C16H18ClNO2S/c1-12-7-13(2)9-15(8-12)18(3)21(19,20)16-6-4-5-14(10-16)11-17/h4-10H,11H2,1-3H3. The molecular formula is C16H18ClNO2S. The van der Waals surface area contributed by atoms with Gasteiger partial charge in [0.2, 0.25) is 0 Å². The molecule has 3 nitrogen and oxygen atoms in total. The van der Waals surface area contributed by atoms with E-state index in [0.29, 0.717) is 5.69 Å². The molecule has 0 aliphatic rings. The minimum Gasteiger partial charge on any atom is -0.269 e. The van der Waals surface area contributed by atoms with E-state index in [-0.39, 0.29) is 10.8 Å². The Morgan fingerprint density at radius 2 is 1.67 bits per heavy atom. The van der Waals surface area contributed by atoms with Gasteiger partial charge in [-0.3, -0.25) is 4.31 Å². The van der Waals surface area contributed by atoms with Crippen molar-refractivity contribution < 1.29 is 8.42 Å². The smallest absolute Gasteiger partial charge is 0.264 e. The summed E-state index contributed by atoms with van der Waals surface area (Å²) in [5.41, 5.74) is 3.50. The second kappa shape index (κ2) is 6.08. The van der Waals surface area contributed by atoms with Crippen LogP contribution < -0.4 is 4.31 Å². The number of nitrogens with zero attached hydrogens (tertiary/aromatic N) is 1. The lowest BCUT2D eigenvalue weighted by atomic mass is 10.1. The predicted molar refractivity (Wildman–Crippen MR) is 87.5 cm³/mol. The van der Waals surface area contributed by atoms with Gasteiger partial charge in [0.05, 0.1) is 10.6 Å². The van der Waals surface area contributed by atoms with Crippen molar-refractivity contribution in [2.45, 2.75) is 24.6 Å². The van der Waals surface area contributed by atoms with Crippen LogP contribution in [-0.4, -0.2) is 15.5 Å². The van der Waals surface area contributed by atoms with Gasteiger partial charge >= 0.3 is 0 Å². The SMILES string of the molecule is Cc1cc(C)cc(N(C)S(=O)(=O)c2cccc(CCl)c2)c1. The van der Waals surface area contributed by atoms with Crippen LogP contribution in [0.15, 0.2) is 47.4 Å². The molecule has 2 aromatic rings. The summed E-state index contributed by atoms with van der Waals surface area (Å²) < 4.78 is 26.7. The Morgan fingerprint density at radius 1 is 1.05 bits per heavy atom. The van der Waals surface area contributed by atoms with Crippen molar-refractivity contribution in [1.29, 1.82) is 0 Å². The molecule has 112 valence electrons. The van der Waals surface area contributed by atoms with Crippen molar-refractivity contribution >= 4 is 27.3 Å². The number of halogens is 1. The number of hydrogen-bond acceptors (Lipinski definition) is 2. The number of alkyl halides is 1. The Balaban J connectivity index is 2.47. The Labute approximate surface area is 131 Å². The van der Waals surface area contributed by atoms with Crippen molar-refractivity contribution in [3.8, 4) is 0 Å². The number of aryl methyl sites for hydroxylation is 2. The van der Waals surface area contributed by atoms with Crippen molar-refractivity contribution in [3.63, 3.8) is 0 Å². The highest BCUT2D eigenvalue weighted by atomic mass is 35.5. The van der Waals surface area contributed by atoms with Gasteiger partial charge in [-0.05, 0) is 54.8 Å². The Kier molecular flexibility index (Phi) is 4.59. The van der Waals surface area contributed by atoms with Gasteiger partial charge in [-0.15, -0.1) is 11.6 Å². The van der Waals surface area contributed by atoms with Crippen molar-refractivity contribution in [1.82, 2.24) is 0 Å². The molecule has 0 aliphatic carbocycles. The lowest BCUT2D eigenvalue weighted by molar-refractivity contribution is 0.594. The van der Waals surface area contributed by atoms with E-state index in [1.165, 1.54) is 4.31 Å². The third-order valence-electron chi connectivity index (χ3n) is 3.28. The average Bonchev–Trinajstić information content (AvgIpc) is 2.45. The summed E-state index contributed by atoms with van der Waals surface area (Å²) in [4.78, 5) is 0.252. The van der Waals surface area contributed by atoms with E-state index in [1.807, 2.05) is 38.1 Å². The maximum Gasteiger partial charge on any atom is 0.264 e. The first-order valence-corrected chi connectivity index (χ1v) is 8.54. The largest absolute Gasteiger partial charge is 0.269 e. The van der Waals surface area contributed by atoms with Gasteiger partial charge in [-0.2, -0.15) is 0 Å². The van der Waals surface area contributed by atoms with Crippen LogP contribution in [0, 0.1) is 13.8 Å². The molecule has 0 spiro atoms. The van der Waals surface area contributed by atoms with Crippen LogP contribution in [-0.2, 0) is 15.9 Å². The Hall–Kier alpha value is -1.52. The third kappa shape index (κ3) is 3.39. The van der Waals surface area contributed by atoms with Gasteiger partial charge in [0, 0.05) is 12.9 Å². The van der Waals surface area contributed by atoms with Crippen LogP contribution in [0.4, 0.5) is 5.69 Å². The molecule has 0 atom stereocenters. The number of sulfonamides is 1. The van der Waals surface area contributed by atoms with Gasteiger partial charge in [-0.1, -0.05) is 18.2 Å². The Morgan fingerprint density at radius 3 is 2.24 bits per heavy atom. The normalized spacial score (nSPS) is 11.4. The summed E-state index contributed by atoms with van der Waals surface area (Å²) >= 11 is 5.78. The summed E-state index contributed by atoms with van der Waals surface area (Å²) in [6, 6.07) is 12.4. The zero-order valence-corrected chi connectivity index (χ0v) is 13.9. The molecule has 0 saturated heterocycles. The lowest BCUT2D eigenvalue weighted by Crippen LogP contribution is -2.26. The molecule has 0 amide bonds. The van der Waals surface area contributed by atoms with Crippen molar-refractivity contribution in [2.75, 3.05) is 11.4 Å². The average molecular weight is 324 g/mol. The van der Waals surface area contributed by atoms with E-state index < -0.39 is 10.0 Å². The predicted octanol–water partition coefficient (Wildman–Crippen LogP) is 3.87. The first-order chi connectivity index (χ1) is 9.84. The monoisotopic (exact) mass is 323 g/mol. The lowest BCUT2D eigenvalue weighted by Gasteiger charge is -2.21. The first-order valence-electron chi connectivity index (χ1n) is 6.57. The molecule has 0 aliphatic heterocycles. The topological polar surface area (TPSA) is 37.4 Å². The molecule has 0 unspecified atom stereocenters. The highest BCUT2D eigenvalue weighted by Crippen LogP contribution is 2.25. The van der Waals surface area contributed by atoms with Crippen LogP contribution in [0.1, 0.15) is 16.7 Å². The van der Waals surface area contributed by atoms with Gasteiger partial charge < -0.3 is 0 Å². The van der Waals surface area contributed by atoms with Crippen LogP contribution in [0.5, 0.6) is 0 Å². The van der Waals surface area contributed by atoms with Crippen LogP contribution >= 0.6 is 11.6 Å². The molecule has 0 radical (unpaired) electrons. The fraction of sp³-hybridized carbons (Fsp3) is 0.250. The minimum absolute atomic E-state index is 0.252. The third-order valence-corrected chi connectivity index (χ3v) is 5.37. The number of anilines is 1. The summed E-state index contributed by atoms with van der Waals surface area (Å²) in [7, 11) is -2.02. The van der Waals surface area contributed by atoms with Crippen molar-refractivity contribution in [2.24, 2.45) is 0 Å². The molecule has 0 fully saturated rings. The van der Waals surface area contributed by atoms with E-state index in [0.717, 1.165) is 16.7 Å². The van der Waals surface area contributed by atoms with Crippen LogP contribution in [0.25, 0.3) is 0 Å². The Bertz CT molecular complexity index is 736. The molecule has 0 aromatic heterocycles. The molecular weight excluding hydrogens is 306 g/mol. The summed E-state index contributed by atoms with van der Waals surface area (Å²) in [6.45, 7) is 3.90. The van der Waals surface area contributed by atoms with Gasteiger partial charge in [0.25, 0.3) is 10.0 Å². The second-order valence-electron chi connectivity index (χ2n) is 5.10. The maximum atomic E-state index is 12.7.